The first kappa shape index (κ1) is 18.9. The number of H-pyrrole nitrogens is 1. The van der Waals surface area contributed by atoms with Crippen molar-refractivity contribution in [1.82, 2.24) is 24.5 Å². The van der Waals surface area contributed by atoms with Crippen LogP contribution >= 0.6 is 11.3 Å². The van der Waals surface area contributed by atoms with Crippen LogP contribution in [0.4, 0.5) is 0 Å². The van der Waals surface area contributed by atoms with Crippen molar-refractivity contribution >= 4 is 22.9 Å². The van der Waals surface area contributed by atoms with Gasteiger partial charge in [-0.15, -0.1) is 11.3 Å². The van der Waals surface area contributed by atoms with Gasteiger partial charge in [0.15, 0.2) is 5.65 Å². The van der Waals surface area contributed by atoms with Gasteiger partial charge in [0, 0.05) is 41.2 Å². The number of carbonyl (C=O) groups is 1. The molecule has 0 spiro atoms. The third kappa shape index (κ3) is 3.26. The van der Waals surface area contributed by atoms with Crippen molar-refractivity contribution in [1.29, 1.82) is 0 Å². The summed E-state index contributed by atoms with van der Waals surface area (Å²) in [5.74, 6) is 0.227. The monoisotopic (exact) mass is 399 g/mol. The van der Waals surface area contributed by atoms with E-state index in [9.17, 15) is 9.59 Å². The van der Waals surface area contributed by atoms with Gasteiger partial charge in [-0.25, -0.2) is 14.5 Å². The number of nitrogens with zero attached hydrogens (tertiary/aromatic N) is 4. The molecule has 1 N–H and O–H groups in total. The Morgan fingerprint density at radius 1 is 1.32 bits per heavy atom. The number of aromatic amines is 1. The lowest BCUT2D eigenvalue weighted by atomic mass is 10.0. The van der Waals surface area contributed by atoms with Crippen LogP contribution in [0.5, 0.6) is 0 Å². The molecule has 1 aliphatic rings. The topological polar surface area (TPSA) is 83.4 Å². The van der Waals surface area contributed by atoms with E-state index >= 15 is 0 Å². The average molecular weight is 400 g/mol. The first-order valence-corrected chi connectivity index (χ1v) is 10.5. The number of nitrogens with one attached hydrogen (secondary N) is 1. The Hall–Kier alpha value is -2.48. The molecule has 0 bridgehead atoms. The number of rotatable bonds is 4. The van der Waals surface area contributed by atoms with Gasteiger partial charge in [-0.2, -0.15) is 0 Å². The second kappa shape index (κ2) is 7.16. The summed E-state index contributed by atoms with van der Waals surface area (Å²) in [7, 11) is 0. The van der Waals surface area contributed by atoms with E-state index in [1.54, 1.807) is 17.4 Å². The third-order valence-corrected chi connectivity index (χ3v) is 6.64. The minimum atomic E-state index is -0.0941. The second-order valence-corrected chi connectivity index (χ2v) is 8.78. The van der Waals surface area contributed by atoms with Gasteiger partial charge in [0.25, 0.3) is 5.56 Å². The van der Waals surface area contributed by atoms with Crippen molar-refractivity contribution in [2.75, 3.05) is 13.1 Å². The summed E-state index contributed by atoms with van der Waals surface area (Å²) in [6.45, 7) is 9.26. The van der Waals surface area contributed by atoms with Gasteiger partial charge in [-0.3, -0.25) is 14.7 Å². The van der Waals surface area contributed by atoms with Crippen molar-refractivity contribution < 1.29 is 4.79 Å². The zero-order valence-electron chi connectivity index (χ0n) is 16.7. The summed E-state index contributed by atoms with van der Waals surface area (Å²) in [5.41, 5.74) is 4.40. The quantitative estimate of drug-likeness (QED) is 0.731. The van der Waals surface area contributed by atoms with Gasteiger partial charge in [0.1, 0.15) is 0 Å². The highest BCUT2D eigenvalue weighted by molar-refractivity contribution is 7.11. The zero-order valence-corrected chi connectivity index (χ0v) is 17.5. The van der Waals surface area contributed by atoms with Crippen LogP contribution in [-0.4, -0.2) is 43.5 Å². The molecule has 28 heavy (non-hydrogen) atoms. The molecule has 0 saturated carbocycles. The summed E-state index contributed by atoms with van der Waals surface area (Å²) in [4.78, 5) is 37.4. The Labute approximate surface area is 167 Å². The van der Waals surface area contributed by atoms with E-state index in [0.717, 1.165) is 45.4 Å². The lowest BCUT2D eigenvalue weighted by Gasteiger charge is -2.16. The second-order valence-electron chi connectivity index (χ2n) is 7.49. The Balaban J connectivity index is 1.54. The van der Waals surface area contributed by atoms with Gasteiger partial charge in [0.2, 0.25) is 5.91 Å². The molecule has 0 unspecified atom stereocenters. The van der Waals surface area contributed by atoms with E-state index < -0.39 is 0 Å². The molecule has 3 aromatic heterocycles. The fraction of sp³-hybridized carbons (Fsp3) is 0.500. The number of hydrogen-bond acceptors (Lipinski definition) is 5. The molecule has 0 aliphatic carbocycles. The lowest BCUT2D eigenvalue weighted by molar-refractivity contribution is -0.129. The molecule has 0 radical (unpaired) electrons. The Morgan fingerprint density at radius 3 is 2.79 bits per heavy atom. The molecule has 1 aliphatic heterocycles. The summed E-state index contributed by atoms with van der Waals surface area (Å²) in [6, 6.07) is 1.61. The van der Waals surface area contributed by atoms with Crippen molar-refractivity contribution in [3.05, 3.63) is 49.0 Å². The molecule has 1 amide bonds. The summed E-state index contributed by atoms with van der Waals surface area (Å²) >= 11 is 1.59. The predicted molar refractivity (Wildman–Crippen MR) is 109 cm³/mol. The zero-order chi connectivity index (χ0) is 20.0. The highest BCUT2D eigenvalue weighted by Crippen LogP contribution is 2.27. The molecule has 7 nitrogen and oxygen atoms in total. The van der Waals surface area contributed by atoms with Crippen LogP contribution in [-0.2, 0) is 17.6 Å². The van der Waals surface area contributed by atoms with Crippen LogP contribution in [0.3, 0.4) is 0 Å². The highest BCUT2D eigenvalue weighted by Gasteiger charge is 2.29. The molecule has 8 heteroatoms. The number of aryl methyl sites for hydroxylation is 4. The van der Waals surface area contributed by atoms with Crippen LogP contribution in [0.15, 0.2) is 10.9 Å². The number of amides is 1. The van der Waals surface area contributed by atoms with Gasteiger partial charge in [-0.1, -0.05) is 6.92 Å². The molecule has 1 saturated heterocycles. The van der Waals surface area contributed by atoms with Gasteiger partial charge in [-0.05, 0) is 33.6 Å². The number of thiazole rings is 1. The fourth-order valence-electron chi connectivity index (χ4n) is 4.06. The maximum atomic E-state index is 12.7. The van der Waals surface area contributed by atoms with E-state index in [-0.39, 0.29) is 17.4 Å². The first-order chi connectivity index (χ1) is 13.4. The van der Waals surface area contributed by atoms with Crippen LogP contribution in [0, 0.1) is 20.8 Å². The molecule has 1 atom stereocenters. The minimum absolute atomic E-state index is 0.0941. The van der Waals surface area contributed by atoms with Crippen LogP contribution in [0.25, 0.3) is 5.65 Å². The Bertz CT molecular complexity index is 1110. The molecular weight excluding hydrogens is 374 g/mol. The van der Waals surface area contributed by atoms with E-state index in [2.05, 4.69) is 17.0 Å². The van der Waals surface area contributed by atoms with Gasteiger partial charge < -0.3 is 4.90 Å². The third-order valence-electron chi connectivity index (χ3n) is 5.56. The Morgan fingerprint density at radius 2 is 2.11 bits per heavy atom. The largest absolute Gasteiger partial charge is 0.342 e. The standard InChI is InChI=1S/C20H25N5O2S/c1-5-15-11(2)23-25-19(27)8-16(22-20(15)25)14-6-7-24(10-14)18(26)9-17-12(3)21-13(4)28-17/h8,14,23H,5-7,9-10H2,1-4H3/t14-/m0/s1. The number of fused-ring (bicyclic) bond motifs is 1. The molecule has 4 heterocycles. The molecule has 4 rings (SSSR count). The van der Waals surface area contributed by atoms with Crippen LogP contribution in [0.1, 0.15) is 51.8 Å². The van der Waals surface area contributed by atoms with Crippen molar-refractivity contribution in [2.24, 2.45) is 0 Å². The Kier molecular flexibility index (Phi) is 4.82. The molecule has 0 aromatic carbocycles. The molecule has 3 aromatic rings. The predicted octanol–water partition coefficient (Wildman–Crippen LogP) is 2.53. The average Bonchev–Trinajstić information content (AvgIpc) is 3.32. The van der Waals surface area contributed by atoms with Crippen LogP contribution in [0.2, 0.25) is 0 Å². The number of likely N-dealkylation sites (tertiary alicyclic amines) is 1. The van der Waals surface area contributed by atoms with E-state index in [4.69, 9.17) is 4.98 Å². The SMILES string of the molecule is CCc1c(C)[nH]n2c(=O)cc([C@H]3CCN(C(=O)Cc4sc(C)nc4C)C3)nc12. The number of carbonyl (C=O) groups excluding carboxylic acids is 1. The van der Waals surface area contributed by atoms with Crippen molar-refractivity contribution in [2.45, 2.75) is 52.9 Å². The number of aromatic nitrogens is 4. The normalized spacial score (nSPS) is 17.0. The van der Waals surface area contributed by atoms with E-state index in [1.165, 1.54) is 4.52 Å². The van der Waals surface area contributed by atoms with Gasteiger partial charge >= 0.3 is 0 Å². The summed E-state index contributed by atoms with van der Waals surface area (Å²) in [6.07, 6.45) is 2.05. The molecule has 148 valence electrons. The summed E-state index contributed by atoms with van der Waals surface area (Å²) in [5, 5.41) is 4.09. The fourth-order valence-corrected chi connectivity index (χ4v) is 4.99. The van der Waals surface area contributed by atoms with Crippen molar-refractivity contribution in [3.8, 4) is 0 Å². The first-order valence-electron chi connectivity index (χ1n) is 9.69. The lowest BCUT2D eigenvalue weighted by Crippen LogP contribution is -2.30. The minimum Gasteiger partial charge on any atom is -0.342 e. The number of hydrogen-bond donors (Lipinski definition) is 1. The summed E-state index contributed by atoms with van der Waals surface area (Å²) < 4.78 is 1.52. The maximum Gasteiger partial charge on any atom is 0.272 e. The maximum absolute atomic E-state index is 12.7. The van der Waals surface area contributed by atoms with E-state index in [1.807, 2.05) is 25.7 Å². The van der Waals surface area contributed by atoms with Gasteiger partial charge in [0.05, 0.1) is 22.8 Å². The smallest absolute Gasteiger partial charge is 0.272 e. The molecular formula is C20H25N5O2S. The van der Waals surface area contributed by atoms with Crippen LogP contribution < -0.4 is 5.56 Å². The molecule has 1 fully saturated rings. The van der Waals surface area contributed by atoms with Crippen molar-refractivity contribution in [3.63, 3.8) is 0 Å². The van der Waals surface area contributed by atoms with E-state index in [0.29, 0.717) is 25.2 Å². The highest BCUT2D eigenvalue weighted by atomic mass is 32.1.